The van der Waals surface area contributed by atoms with Crippen molar-refractivity contribution in [2.75, 3.05) is 5.32 Å². The van der Waals surface area contributed by atoms with Crippen LogP contribution in [0.25, 0.3) is 11.0 Å². The Labute approximate surface area is 124 Å². The number of amides is 1. The average Bonchev–Trinajstić information content (AvgIpc) is 2.50. The molecule has 0 saturated heterocycles. The molecule has 0 unspecified atom stereocenters. The number of carbonyl (C=O) groups excluding carboxylic acids is 1. The maximum absolute atomic E-state index is 12.3. The lowest BCUT2D eigenvalue weighted by atomic mass is 10.1. The van der Waals surface area contributed by atoms with E-state index in [1.165, 1.54) is 42.5 Å². The van der Waals surface area contributed by atoms with Gasteiger partial charge in [-0.2, -0.15) is 0 Å². The van der Waals surface area contributed by atoms with Gasteiger partial charge in [0.1, 0.15) is 28.9 Å². The number of hydrogen-bond acceptors (Lipinski definition) is 5. The molecule has 110 valence electrons. The molecule has 0 aliphatic rings. The molecule has 0 bridgehead atoms. The van der Waals surface area contributed by atoms with E-state index in [0.717, 1.165) is 6.26 Å². The van der Waals surface area contributed by atoms with Crippen molar-refractivity contribution in [1.29, 1.82) is 0 Å². The van der Waals surface area contributed by atoms with Crippen LogP contribution in [-0.4, -0.2) is 16.1 Å². The third-order valence-electron chi connectivity index (χ3n) is 3.13. The first-order chi connectivity index (χ1) is 10.5. The topological polar surface area (TPSA) is 99.8 Å². The highest BCUT2D eigenvalue weighted by Crippen LogP contribution is 2.18. The zero-order valence-corrected chi connectivity index (χ0v) is 11.2. The van der Waals surface area contributed by atoms with E-state index in [1.54, 1.807) is 0 Å². The molecule has 1 amide bonds. The number of anilines is 1. The maximum atomic E-state index is 12.3. The molecule has 6 nitrogen and oxygen atoms in total. The highest BCUT2D eigenvalue weighted by Gasteiger charge is 2.15. The average molecular weight is 297 g/mol. The van der Waals surface area contributed by atoms with E-state index in [4.69, 9.17) is 4.42 Å². The Morgan fingerprint density at radius 1 is 1.00 bits per heavy atom. The minimum atomic E-state index is -0.635. The fourth-order valence-electron chi connectivity index (χ4n) is 2.02. The third-order valence-corrected chi connectivity index (χ3v) is 3.13. The van der Waals surface area contributed by atoms with Crippen molar-refractivity contribution in [3.8, 4) is 11.5 Å². The highest BCUT2D eigenvalue weighted by atomic mass is 16.3. The third kappa shape index (κ3) is 2.49. The fraction of sp³-hybridized carbons (Fsp3) is 0. The van der Waals surface area contributed by atoms with Gasteiger partial charge < -0.3 is 19.9 Å². The van der Waals surface area contributed by atoms with Crippen LogP contribution in [0, 0.1) is 0 Å². The molecule has 0 aliphatic carbocycles. The molecule has 3 N–H and O–H groups in total. The van der Waals surface area contributed by atoms with Gasteiger partial charge in [-0.3, -0.25) is 9.59 Å². The summed E-state index contributed by atoms with van der Waals surface area (Å²) < 4.78 is 5.24. The van der Waals surface area contributed by atoms with E-state index in [-0.39, 0.29) is 28.0 Å². The summed E-state index contributed by atoms with van der Waals surface area (Å²) in [5.74, 6) is -0.653. The van der Waals surface area contributed by atoms with Gasteiger partial charge in [0.15, 0.2) is 0 Å². The van der Waals surface area contributed by atoms with Gasteiger partial charge in [-0.05, 0) is 42.5 Å². The molecule has 0 radical (unpaired) electrons. The Balaban J connectivity index is 1.99. The van der Waals surface area contributed by atoms with Crippen LogP contribution in [0.1, 0.15) is 10.4 Å². The number of rotatable bonds is 2. The van der Waals surface area contributed by atoms with Gasteiger partial charge >= 0.3 is 0 Å². The Kier molecular flexibility index (Phi) is 3.27. The molecule has 6 heteroatoms. The van der Waals surface area contributed by atoms with Gasteiger partial charge in [0.2, 0.25) is 5.43 Å². The quantitative estimate of drug-likeness (QED) is 0.631. The van der Waals surface area contributed by atoms with Crippen molar-refractivity contribution < 1.29 is 19.4 Å². The second kappa shape index (κ2) is 5.25. The molecule has 0 atom stereocenters. The van der Waals surface area contributed by atoms with Gasteiger partial charge in [0.05, 0.1) is 5.39 Å². The summed E-state index contributed by atoms with van der Waals surface area (Å²) in [6.45, 7) is 0. The number of phenols is 2. The van der Waals surface area contributed by atoms with Crippen LogP contribution in [-0.2, 0) is 0 Å². The lowest BCUT2D eigenvalue weighted by Gasteiger charge is -2.05. The normalized spacial score (nSPS) is 10.5. The number of nitrogens with one attached hydrogen (secondary N) is 1. The largest absolute Gasteiger partial charge is 0.508 e. The van der Waals surface area contributed by atoms with Crippen molar-refractivity contribution >= 4 is 22.6 Å². The number of benzene rings is 2. The molecule has 22 heavy (non-hydrogen) atoms. The minimum absolute atomic E-state index is 0.0682. The summed E-state index contributed by atoms with van der Waals surface area (Å²) in [4.78, 5) is 24.4. The van der Waals surface area contributed by atoms with Crippen LogP contribution in [0.2, 0.25) is 0 Å². The molecular formula is C16H11NO5. The zero-order chi connectivity index (χ0) is 15.7. The molecule has 2 aromatic carbocycles. The summed E-state index contributed by atoms with van der Waals surface area (Å²) in [7, 11) is 0. The Morgan fingerprint density at radius 2 is 1.68 bits per heavy atom. The van der Waals surface area contributed by atoms with E-state index in [0.29, 0.717) is 5.69 Å². The number of aromatic hydroxyl groups is 2. The lowest BCUT2D eigenvalue weighted by molar-refractivity contribution is 0.102. The molecule has 3 aromatic rings. The number of fused-ring (bicyclic) bond motifs is 1. The summed E-state index contributed by atoms with van der Waals surface area (Å²) in [6.07, 6.45) is 1.08. The van der Waals surface area contributed by atoms with Crippen molar-refractivity contribution in [2.45, 2.75) is 0 Å². The van der Waals surface area contributed by atoms with Crippen LogP contribution in [0.5, 0.6) is 11.5 Å². The van der Waals surface area contributed by atoms with Gasteiger partial charge in [-0.15, -0.1) is 0 Å². The van der Waals surface area contributed by atoms with E-state index >= 15 is 0 Å². The summed E-state index contributed by atoms with van der Waals surface area (Å²) in [6, 6.07) is 9.92. The number of carbonyl (C=O) groups is 1. The minimum Gasteiger partial charge on any atom is -0.508 e. The van der Waals surface area contributed by atoms with Crippen LogP contribution in [0.3, 0.4) is 0 Å². The summed E-state index contributed by atoms with van der Waals surface area (Å²) in [5, 5.41) is 21.3. The first kappa shape index (κ1) is 13.7. The van der Waals surface area contributed by atoms with Crippen LogP contribution in [0.4, 0.5) is 5.69 Å². The van der Waals surface area contributed by atoms with Gasteiger partial charge in [0, 0.05) is 5.69 Å². The molecule has 1 aromatic heterocycles. The van der Waals surface area contributed by atoms with Crippen LogP contribution >= 0.6 is 0 Å². The van der Waals surface area contributed by atoms with Gasteiger partial charge in [-0.1, -0.05) is 0 Å². The fourth-order valence-corrected chi connectivity index (χ4v) is 2.02. The predicted octanol–water partition coefficient (Wildman–Crippen LogP) is 2.46. The highest BCUT2D eigenvalue weighted by molar-refractivity contribution is 6.05. The van der Waals surface area contributed by atoms with Crippen molar-refractivity contribution in [3.63, 3.8) is 0 Å². The van der Waals surface area contributed by atoms with E-state index in [9.17, 15) is 19.8 Å². The van der Waals surface area contributed by atoms with Crippen LogP contribution in [0.15, 0.2) is 57.9 Å². The molecule has 3 rings (SSSR count). The van der Waals surface area contributed by atoms with Gasteiger partial charge in [-0.25, -0.2) is 0 Å². The number of phenolic OH excluding ortho intramolecular Hbond substituents is 2. The van der Waals surface area contributed by atoms with E-state index in [2.05, 4.69) is 5.32 Å². The molecule has 1 heterocycles. The maximum Gasteiger partial charge on any atom is 0.262 e. The standard InChI is InChI=1S/C16H11NO5/c18-10-3-1-9(2-4-10)17-16(21)13-8-22-14-6-5-11(19)7-12(14)15(13)20/h1-8,18-19H,(H,17,21). The van der Waals surface area contributed by atoms with E-state index in [1.807, 2.05) is 0 Å². The molecular weight excluding hydrogens is 286 g/mol. The first-order valence-corrected chi connectivity index (χ1v) is 6.39. The molecule has 0 aliphatic heterocycles. The predicted molar refractivity (Wildman–Crippen MR) is 80.2 cm³/mol. The van der Waals surface area contributed by atoms with E-state index < -0.39 is 11.3 Å². The smallest absolute Gasteiger partial charge is 0.262 e. The van der Waals surface area contributed by atoms with Gasteiger partial charge in [0.25, 0.3) is 5.91 Å². The summed E-state index contributed by atoms with van der Waals surface area (Å²) >= 11 is 0. The second-order valence-electron chi connectivity index (χ2n) is 4.66. The summed E-state index contributed by atoms with van der Waals surface area (Å²) in [5.41, 5.74) is 0.00166. The molecule has 0 spiro atoms. The Bertz CT molecular complexity index is 912. The Morgan fingerprint density at radius 3 is 2.41 bits per heavy atom. The molecule has 0 saturated carbocycles. The number of hydrogen-bond donors (Lipinski definition) is 3. The van der Waals surface area contributed by atoms with Crippen molar-refractivity contribution in [2.24, 2.45) is 0 Å². The first-order valence-electron chi connectivity index (χ1n) is 6.39. The SMILES string of the molecule is O=C(Nc1ccc(O)cc1)c1coc2ccc(O)cc2c1=O. The zero-order valence-electron chi connectivity index (χ0n) is 11.2. The Hall–Kier alpha value is -3.28. The molecule has 0 fully saturated rings. The monoisotopic (exact) mass is 297 g/mol. The lowest BCUT2D eigenvalue weighted by Crippen LogP contribution is -2.21. The van der Waals surface area contributed by atoms with Crippen LogP contribution < -0.4 is 10.7 Å². The van der Waals surface area contributed by atoms with Crippen molar-refractivity contribution in [1.82, 2.24) is 0 Å². The van der Waals surface area contributed by atoms with Crippen molar-refractivity contribution in [3.05, 3.63) is 64.5 Å². The second-order valence-corrected chi connectivity index (χ2v) is 4.66.